The van der Waals surface area contributed by atoms with Gasteiger partial charge in [-0.25, -0.2) is 4.79 Å². The van der Waals surface area contributed by atoms with Gasteiger partial charge in [-0.2, -0.15) is 0 Å². The van der Waals surface area contributed by atoms with E-state index in [0.717, 1.165) is 5.57 Å². The topological polar surface area (TPSA) is 166 Å². The van der Waals surface area contributed by atoms with Gasteiger partial charge >= 0.3 is 5.97 Å². The van der Waals surface area contributed by atoms with Crippen molar-refractivity contribution in [1.82, 2.24) is 0 Å². The number of esters is 1. The van der Waals surface area contributed by atoms with Crippen LogP contribution in [0.15, 0.2) is 11.6 Å². The van der Waals surface area contributed by atoms with Crippen LogP contribution >= 0.6 is 0 Å². The zero-order valence-electron chi connectivity index (χ0n) is 23.0. The van der Waals surface area contributed by atoms with Crippen LogP contribution in [0.25, 0.3) is 0 Å². The van der Waals surface area contributed by atoms with Crippen molar-refractivity contribution in [2.75, 3.05) is 6.61 Å². The predicted molar refractivity (Wildman–Crippen MR) is 136 cm³/mol. The first-order chi connectivity index (χ1) is 18.2. The molecule has 0 aromatic rings. The third kappa shape index (κ3) is 3.79. The van der Waals surface area contributed by atoms with Gasteiger partial charge in [-0.05, 0) is 80.6 Å². The number of carbonyl (C=O) groups is 1. The van der Waals surface area contributed by atoms with Gasteiger partial charge in [-0.1, -0.05) is 13.8 Å². The summed E-state index contributed by atoms with van der Waals surface area (Å²) in [6.07, 6.45) is -1.27. The van der Waals surface area contributed by atoms with E-state index in [-0.39, 0.29) is 30.3 Å². The molecule has 0 unspecified atom stereocenters. The van der Waals surface area contributed by atoms with E-state index in [0.29, 0.717) is 51.4 Å². The van der Waals surface area contributed by atoms with Crippen molar-refractivity contribution < 1.29 is 49.6 Å². The Morgan fingerprint density at radius 2 is 1.69 bits per heavy atom. The van der Waals surface area contributed by atoms with Gasteiger partial charge in [0.1, 0.15) is 24.9 Å². The minimum absolute atomic E-state index is 0.0988. The van der Waals surface area contributed by atoms with Crippen LogP contribution < -0.4 is 0 Å². The van der Waals surface area contributed by atoms with Crippen LogP contribution in [-0.2, 0) is 19.0 Å². The van der Waals surface area contributed by atoms with E-state index in [9.17, 15) is 35.4 Å². The van der Waals surface area contributed by atoms with Crippen molar-refractivity contribution >= 4 is 5.97 Å². The lowest BCUT2D eigenvalue weighted by atomic mass is 9.41. The zero-order valence-corrected chi connectivity index (χ0v) is 23.0. The van der Waals surface area contributed by atoms with Gasteiger partial charge in [0, 0.05) is 17.9 Å². The average molecular weight is 553 g/mol. The first-order valence-electron chi connectivity index (χ1n) is 14.6. The molecule has 0 amide bonds. The molecule has 5 fully saturated rings. The molecule has 220 valence electrons. The molecule has 10 heteroatoms. The van der Waals surface area contributed by atoms with Crippen molar-refractivity contribution in [3.05, 3.63) is 11.6 Å². The van der Waals surface area contributed by atoms with Gasteiger partial charge < -0.3 is 44.8 Å². The molecule has 0 bridgehead atoms. The molecule has 6 N–H and O–H groups in total. The Balaban J connectivity index is 1.22. The lowest BCUT2D eigenvalue weighted by molar-refractivity contribution is -0.321. The maximum absolute atomic E-state index is 12.4. The minimum atomic E-state index is -1.40. The second-order valence-electron chi connectivity index (χ2n) is 13.8. The molecule has 2 aliphatic heterocycles. The number of fused-ring (bicyclic) bond motifs is 5. The van der Waals surface area contributed by atoms with Crippen LogP contribution in [0.5, 0.6) is 0 Å². The first-order valence-corrected chi connectivity index (χ1v) is 14.6. The molecule has 0 spiro atoms. The first kappa shape index (κ1) is 28.0. The van der Waals surface area contributed by atoms with Crippen LogP contribution in [0, 0.1) is 28.6 Å². The third-order valence-electron chi connectivity index (χ3n) is 12.3. The fourth-order valence-corrected chi connectivity index (χ4v) is 9.78. The summed E-state index contributed by atoms with van der Waals surface area (Å²) in [6.45, 7) is 5.86. The number of hydrogen-bond donors (Lipinski definition) is 6. The van der Waals surface area contributed by atoms with Gasteiger partial charge in [-0.15, -0.1) is 0 Å². The molecule has 0 aromatic carbocycles. The summed E-state index contributed by atoms with van der Waals surface area (Å²) in [5.74, 6) is -0.709. The summed E-state index contributed by atoms with van der Waals surface area (Å²) >= 11 is 0. The minimum Gasteiger partial charge on any atom is -0.458 e. The molecule has 0 radical (unpaired) electrons. The summed E-state index contributed by atoms with van der Waals surface area (Å²) in [6, 6.07) is 0. The molecule has 2 heterocycles. The highest BCUT2D eigenvalue weighted by Gasteiger charge is 2.72. The van der Waals surface area contributed by atoms with E-state index >= 15 is 0 Å². The van der Waals surface area contributed by atoms with E-state index in [2.05, 4.69) is 6.92 Å². The van der Waals surface area contributed by atoms with Gasteiger partial charge in [0.2, 0.25) is 0 Å². The van der Waals surface area contributed by atoms with Crippen molar-refractivity contribution in [2.24, 2.45) is 28.6 Å². The van der Waals surface area contributed by atoms with E-state index in [1.165, 1.54) is 6.08 Å². The molecular formula is C29H44O10. The van der Waals surface area contributed by atoms with Crippen LogP contribution in [0.2, 0.25) is 0 Å². The molecule has 10 nitrogen and oxygen atoms in total. The normalized spacial score (nSPS) is 57.3. The Morgan fingerprint density at radius 1 is 0.949 bits per heavy atom. The number of rotatable bonds is 3. The van der Waals surface area contributed by atoms with E-state index in [4.69, 9.17) is 14.2 Å². The summed E-state index contributed by atoms with van der Waals surface area (Å²) in [5, 5.41) is 66.8. The highest BCUT2D eigenvalue weighted by atomic mass is 16.7. The standard InChI is InChI=1S/C29H44O10/c1-14-22(32)23(33)24(34)25(38-14)39-16-4-7-26(2)19-11-20(30)27(3)17(15-10-21(31)37-13-15)6-9-29(27,36)18(19)5-8-28(26,35)12-16/h10,14,16-20,22-25,30,32-36H,4-9,11-13H2,1-3H3/t14-,16+,17-,18+,19-,20-,22+,23-,24-,25+,26-,27+,28+,29+/m1/s1. The fourth-order valence-electron chi connectivity index (χ4n) is 9.78. The van der Waals surface area contributed by atoms with Gasteiger partial charge in [-0.3, -0.25) is 0 Å². The maximum atomic E-state index is 12.4. The quantitative estimate of drug-likeness (QED) is 0.215. The Hall–Kier alpha value is -1.11. The maximum Gasteiger partial charge on any atom is 0.331 e. The molecule has 0 aromatic heterocycles. The molecule has 6 aliphatic rings. The van der Waals surface area contributed by atoms with Gasteiger partial charge in [0.05, 0.1) is 29.5 Å². The number of aliphatic hydroxyl groups is 6. The molecule has 1 saturated heterocycles. The highest BCUT2D eigenvalue weighted by Crippen LogP contribution is 2.70. The monoisotopic (exact) mass is 552 g/mol. The van der Waals surface area contributed by atoms with Crippen molar-refractivity contribution in [1.29, 1.82) is 0 Å². The number of ether oxygens (including phenoxy) is 3. The van der Waals surface area contributed by atoms with Gasteiger partial charge in [0.15, 0.2) is 6.29 Å². The highest BCUT2D eigenvalue weighted by molar-refractivity contribution is 5.85. The number of hydrogen-bond acceptors (Lipinski definition) is 10. The van der Waals surface area contributed by atoms with Crippen molar-refractivity contribution in [3.8, 4) is 0 Å². The van der Waals surface area contributed by atoms with Crippen LogP contribution in [-0.4, -0.2) is 97.3 Å². The lowest BCUT2D eigenvalue weighted by Crippen LogP contribution is -2.70. The second kappa shape index (κ2) is 9.19. The number of aliphatic hydroxyl groups excluding tert-OH is 4. The Kier molecular flexibility index (Phi) is 6.61. The summed E-state index contributed by atoms with van der Waals surface area (Å²) in [5.41, 5.74) is -2.75. The zero-order chi connectivity index (χ0) is 28.1. The molecular weight excluding hydrogens is 508 g/mol. The summed E-state index contributed by atoms with van der Waals surface area (Å²) in [4.78, 5) is 11.8. The Morgan fingerprint density at radius 3 is 2.38 bits per heavy atom. The largest absolute Gasteiger partial charge is 0.458 e. The number of carbonyl (C=O) groups excluding carboxylic acids is 1. The lowest BCUT2D eigenvalue weighted by Gasteiger charge is -2.67. The van der Waals surface area contributed by atoms with Crippen molar-refractivity contribution in [3.63, 3.8) is 0 Å². The summed E-state index contributed by atoms with van der Waals surface area (Å²) < 4.78 is 16.9. The molecule has 6 rings (SSSR count). The smallest absolute Gasteiger partial charge is 0.331 e. The molecule has 4 aliphatic carbocycles. The molecule has 14 atom stereocenters. The molecule has 39 heavy (non-hydrogen) atoms. The third-order valence-corrected chi connectivity index (χ3v) is 12.3. The fraction of sp³-hybridized carbons (Fsp3) is 0.897. The van der Waals surface area contributed by atoms with Gasteiger partial charge in [0.25, 0.3) is 0 Å². The van der Waals surface area contributed by atoms with Crippen molar-refractivity contribution in [2.45, 2.75) is 126 Å². The predicted octanol–water partition coefficient (Wildman–Crippen LogP) is 0.542. The SMILES string of the molecule is C[C@H]1O[C@@H](O[C@H]2CC[C@]3(C)[C@@H]4C[C@@H](O)[C@]5(C)[C@@H](C6=CC(=O)OC6)CC[C@]5(O)[C@H]4CC[C@]3(O)C2)[C@H](O)[C@H](O)[C@H]1O. The van der Waals surface area contributed by atoms with Crippen LogP contribution in [0.1, 0.15) is 72.1 Å². The average Bonchev–Trinajstić information content (AvgIpc) is 3.43. The Bertz CT molecular complexity index is 1030. The summed E-state index contributed by atoms with van der Waals surface area (Å²) in [7, 11) is 0. The van der Waals surface area contributed by atoms with E-state index < -0.39 is 64.9 Å². The second-order valence-corrected chi connectivity index (χ2v) is 13.8. The van der Waals surface area contributed by atoms with E-state index in [1.807, 2.05) is 6.92 Å². The van der Waals surface area contributed by atoms with Crippen LogP contribution in [0.4, 0.5) is 0 Å². The van der Waals surface area contributed by atoms with E-state index in [1.54, 1.807) is 6.92 Å². The Labute approximate surface area is 229 Å². The molecule has 4 saturated carbocycles. The number of cyclic esters (lactones) is 1. The van der Waals surface area contributed by atoms with Crippen LogP contribution in [0.3, 0.4) is 0 Å².